The molecule has 100 valence electrons. The Morgan fingerprint density at radius 1 is 1.24 bits per heavy atom. The summed E-state index contributed by atoms with van der Waals surface area (Å²) in [7, 11) is -4.23. The van der Waals surface area contributed by atoms with Gasteiger partial charge in [-0.3, -0.25) is 0 Å². The minimum absolute atomic E-state index is 0.218. The minimum Gasteiger partial charge on any atom is -0.439 e. The van der Waals surface area contributed by atoms with Crippen LogP contribution in [0.25, 0.3) is 0 Å². The summed E-state index contributed by atoms with van der Waals surface area (Å²) in [6.45, 7) is 3.04. The first kappa shape index (κ1) is 14.3. The second-order valence-electron chi connectivity index (χ2n) is 3.89. The highest BCUT2D eigenvalue weighted by atomic mass is 19.5. The van der Waals surface area contributed by atoms with Gasteiger partial charge in [0.25, 0.3) is 0 Å². The molecular formula is C9H16BF4NO2. The van der Waals surface area contributed by atoms with Crippen LogP contribution >= 0.6 is 0 Å². The number of nitrogens with zero attached hydrogens (tertiary/aromatic N) is 1. The van der Waals surface area contributed by atoms with Gasteiger partial charge in [-0.15, -0.1) is 0 Å². The number of rotatable bonds is 1. The van der Waals surface area contributed by atoms with E-state index in [2.05, 4.69) is 4.58 Å². The molecule has 1 unspecified atom stereocenters. The molecule has 0 bridgehead atoms. The van der Waals surface area contributed by atoms with Gasteiger partial charge in [0.2, 0.25) is 0 Å². The Balaban J connectivity index is 0.000000249. The average Bonchev–Trinajstić information content (AvgIpc) is 2.56. The van der Waals surface area contributed by atoms with E-state index >= 15 is 0 Å². The monoisotopic (exact) mass is 257 g/mol. The molecule has 0 aromatic heterocycles. The fourth-order valence-corrected chi connectivity index (χ4v) is 1.96. The molecule has 1 atom stereocenters. The van der Waals surface area contributed by atoms with E-state index in [0.29, 0.717) is 0 Å². The lowest BCUT2D eigenvalue weighted by Gasteiger charge is -2.08. The van der Waals surface area contributed by atoms with E-state index in [1.54, 1.807) is 7.11 Å². The summed E-state index contributed by atoms with van der Waals surface area (Å²) in [4.78, 5) is 0. The van der Waals surface area contributed by atoms with Crippen LogP contribution in [0.5, 0.6) is 0 Å². The molecule has 2 heterocycles. The molecule has 0 amide bonds. The van der Waals surface area contributed by atoms with E-state index in [4.69, 9.17) is 9.47 Å². The number of halogens is 4. The number of hydrogen-bond acceptors (Lipinski definition) is 2. The molecule has 0 spiro atoms. The highest BCUT2D eigenvalue weighted by Gasteiger charge is 2.33. The molecule has 2 aliphatic heterocycles. The molecule has 0 saturated carbocycles. The predicted molar refractivity (Wildman–Crippen MR) is 55.8 cm³/mol. The van der Waals surface area contributed by atoms with Crippen LogP contribution in [-0.4, -0.2) is 50.6 Å². The third-order valence-corrected chi connectivity index (χ3v) is 2.63. The normalized spacial score (nSPS) is 24.4. The summed E-state index contributed by atoms with van der Waals surface area (Å²) in [6, 6.07) is 0. The third kappa shape index (κ3) is 5.38. The largest absolute Gasteiger partial charge is 0.673 e. The van der Waals surface area contributed by atoms with Crippen LogP contribution in [0.15, 0.2) is 0 Å². The van der Waals surface area contributed by atoms with Crippen LogP contribution < -0.4 is 0 Å². The molecule has 0 radical (unpaired) electrons. The fourth-order valence-electron chi connectivity index (χ4n) is 1.96. The van der Waals surface area contributed by atoms with E-state index < -0.39 is 7.25 Å². The summed E-state index contributed by atoms with van der Waals surface area (Å²) in [5.74, 6) is 1.08. The van der Waals surface area contributed by atoms with Gasteiger partial charge < -0.3 is 26.7 Å². The van der Waals surface area contributed by atoms with Crippen LogP contribution in [0.3, 0.4) is 0 Å². The first-order chi connectivity index (χ1) is 7.92. The predicted octanol–water partition coefficient (Wildman–Crippen LogP) is 1.93. The van der Waals surface area contributed by atoms with Crippen LogP contribution in [0.2, 0.25) is 0 Å². The third-order valence-electron chi connectivity index (χ3n) is 2.63. The van der Waals surface area contributed by atoms with Crippen molar-refractivity contribution in [2.45, 2.75) is 25.4 Å². The Kier molecular flexibility index (Phi) is 5.23. The van der Waals surface area contributed by atoms with Gasteiger partial charge in [-0.05, 0) is 12.8 Å². The molecule has 2 rings (SSSR count). The lowest BCUT2D eigenvalue weighted by atomic mass is 10.2. The number of hydrogen-bond donors (Lipinski definition) is 0. The van der Waals surface area contributed by atoms with Crippen molar-refractivity contribution in [3.8, 4) is 0 Å². The van der Waals surface area contributed by atoms with Gasteiger partial charge in [-0.25, -0.2) is 0 Å². The summed E-state index contributed by atoms with van der Waals surface area (Å²) >= 11 is 0. The van der Waals surface area contributed by atoms with Crippen LogP contribution in [-0.2, 0) is 9.47 Å². The Morgan fingerprint density at radius 2 is 1.88 bits per heavy atom. The Morgan fingerprint density at radius 3 is 2.47 bits per heavy atom. The van der Waals surface area contributed by atoms with Gasteiger partial charge in [0.05, 0.1) is 0 Å². The van der Waals surface area contributed by atoms with E-state index in [0.717, 1.165) is 32.0 Å². The van der Waals surface area contributed by atoms with Gasteiger partial charge in [-0.1, -0.05) is 0 Å². The SMILES string of the molecule is COC1CCCC[N+]2=C1OCC2.F[B-](F)(F)F. The lowest BCUT2D eigenvalue weighted by Crippen LogP contribution is -2.28. The van der Waals surface area contributed by atoms with Gasteiger partial charge in [0.15, 0.2) is 19.3 Å². The molecule has 0 N–H and O–H groups in total. The quantitative estimate of drug-likeness (QED) is 0.406. The first-order valence-electron chi connectivity index (χ1n) is 5.56. The number of ether oxygens (including phenoxy) is 2. The molecule has 0 aliphatic carbocycles. The van der Waals surface area contributed by atoms with Gasteiger partial charge >= 0.3 is 13.2 Å². The second-order valence-corrected chi connectivity index (χ2v) is 3.89. The van der Waals surface area contributed by atoms with Gasteiger partial charge in [0.1, 0.15) is 6.54 Å². The minimum atomic E-state index is -6.00. The summed E-state index contributed by atoms with van der Waals surface area (Å²) in [5.41, 5.74) is 0. The zero-order chi connectivity index (χ0) is 12.9. The van der Waals surface area contributed by atoms with Crippen LogP contribution in [0, 0.1) is 0 Å². The molecule has 0 saturated heterocycles. The van der Waals surface area contributed by atoms with E-state index in [-0.39, 0.29) is 6.10 Å². The molecule has 3 nitrogen and oxygen atoms in total. The maximum Gasteiger partial charge on any atom is 0.673 e. The van der Waals surface area contributed by atoms with Crippen molar-refractivity contribution in [3.05, 3.63) is 0 Å². The van der Waals surface area contributed by atoms with E-state index in [1.807, 2.05) is 0 Å². The zero-order valence-electron chi connectivity index (χ0n) is 9.67. The number of methoxy groups -OCH3 is 1. The molecule has 17 heavy (non-hydrogen) atoms. The maximum atomic E-state index is 9.75. The lowest BCUT2D eigenvalue weighted by molar-refractivity contribution is -0.519. The maximum absolute atomic E-state index is 9.75. The Hall–Kier alpha value is -0.785. The summed E-state index contributed by atoms with van der Waals surface area (Å²) in [6.07, 6.45) is 3.85. The summed E-state index contributed by atoms with van der Waals surface area (Å²) < 4.78 is 52.3. The van der Waals surface area contributed by atoms with Gasteiger partial charge in [0, 0.05) is 13.5 Å². The highest BCUT2D eigenvalue weighted by molar-refractivity contribution is 6.50. The highest BCUT2D eigenvalue weighted by Crippen LogP contribution is 2.14. The van der Waals surface area contributed by atoms with E-state index in [1.165, 1.54) is 12.8 Å². The van der Waals surface area contributed by atoms with Crippen molar-refractivity contribution in [1.29, 1.82) is 0 Å². The molecule has 0 aromatic carbocycles. The van der Waals surface area contributed by atoms with Crippen molar-refractivity contribution in [2.75, 3.05) is 26.8 Å². The van der Waals surface area contributed by atoms with Crippen molar-refractivity contribution >= 4 is 13.2 Å². The summed E-state index contributed by atoms with van der Waals surface area (Å²) in [5, 5.41) is 0. The molecule has 2 aliphatic rings. The molecule has 8 heteroatoms. The topological polar surface area (TPSA) is 21.5 Å². The second kappa shape index (κ2) is 6.23. The smallest absolute Gasteiger partial charge is 0.439 e. The van der Waals surface area contributed by atoms with Crippen molar-refractivity contribution in [2.24, 2.45) is 0 Å². The standard InChI is InChI=1S/C9H16NO2.BF4/c1-11-8-4-2-3-5-10-6-7-12-9(8)10;2-1(3,4)5/h8H,2-7H2,1H3;/q+1;-1. The van der Waals surface area contributed by atoms with Crippen LogP contribution in [0.4, 0.5) is 17.3 Å². The fraction of sp³-hybridized carbons (Fsp3) is 0.889. The average molecular weight is 257 g/mol. The molecular weight excluding hydrogens is 241 g/mol. The zero-order valence-corrected chi connectivity index (χ0v) is 9.67. The molecule has 0 aromatic rings. The van der Waals surface area contributed by atoms with E-state index in [9.17, 15) is 17.3 Å². The first-order valence-corrected chi connectivity index (χ1v) is 5.56. The van der Waals surface area contributed by atoms with Crippen molar-refractivity contribution in [1.82, 2.24) is 0 Å². The Bertz CT molecular complexity index is 277. The Labute approximate surface area is 97.5 Å². The van der Waals surface area contributed by atoms with Crippen LogP contribution in [0.1, 0.15) is 19.3 Å². The van der Waals surface area contributed by atoms with Crippen molar-refractivity contribution < 1.29 is 31.3 Å². The molecule has 0 fully saturated rings. The van der Waals surface area contributed by atoms with Gasteiger partial charge in [-0.2, -0.15) is 4.58 Å². The van der Waals surface area contributed by atoms with Crippen molar-refractivity contribution in [3.63, 3.8) is 0 Å².